The Bertz CT molecular complexity index is 694. The minimum atomic E-state index is 0.175. The molecule has 2 heteroatoms. The highest BCUT2D eigenvalue weighted by Gasteiger charge is 2.46. The number of hydrogen-bond donors (Lipinski definition) is 0. The zero-order valence-corrected chi connectivity index (χ0v) is 18.4. The van der Waals surface area contributed by atoms with Gasteiger partial charge in [0.05, 0.1) is 11.7 Å². The molecule has 0 radical (unpaired) electrons. The molecule has 3 rings (SSSR count). The van der Waals surface area contributed by atoms with Crippen LogP contribution >= 0.6 is 0 Å². The molecular weight excluding hydrogens is 344 g/mol. The molecule has 0 aliphatic carbocycles. The molecule has 28 heavy (non-hydrogen) atoms. The average Bonchev–Trinajstić information content (AvgIpc) is 3.34. The third-order valence-corrected chi connectivity index (χ3v) is 5.36. The van der Waals surface area contributed by atoms with Crippen LogP contribution in [0, 0.1) is 0 Å². The predicted octanol–water partition coefficient (Wildman–Crippen LogP) is 7.51. The molecule has 152 valence electrons. The van der Waals surface area contributed by atoms with E-state index in [2.05, 4.69) is 71.9 Å². The lowest BCUT2D eigenvalue weighted by Crippen LogP contribution is -2.02. The Hall–Kier alpha value is -2.06. The van der Waals surface area contributed by atoms with Crippen molar-refractivity contribution in [2.24, 2.45) is 0 Å². The fraction of sp³-hybridized carbons (Fsp3) is 0.462. The van der Waals surface area contributed by atoms with Crippen molar-refractivity contribution in [1.82, 2.24) is 0 Å². The van der Waals surface area contributed by atoms with Crippen LogP contribution in [0.3, 0.4) is 0 Å². The quantitative estimate of drug-likeness (QED) is 0.366. The zero-order valence-electron chi connectivity index (χ0n) is 18.4. The fourth-order valence-electron chi connectivity index (χ4n) is 2.96. The van der Waals surface area contributed by atoms with E-state index in [4.69, 9.17) is 9.47 Å². The Kier molecular flexibility index (Phi) is 8.32. The first-order valence-corrected chi connectivity index (χ1v) is 10.5. The van der Waals surface area contributed by atoms with Gasteiger partial charge in [0.25, 0.3) is 0 Å². The van der Waals surface area contributed by atoms with Gasteiger partial charge in [-0.2, -0.15) is 0 Å². The van der Waals surface area contributed by atoms with Crippen molar-refractivity contribution < 1.29 is 9.47 Å². The van der Waals surface area contributed by atoms with E-state index in [-0.39, 0.29) is 5.60 Å². The predicted molar refractivity (Wildman–Crippen MR) is 119 cm³/mol. The first-order valence-electron chi connectivity index (χ1n) is 10.5. The van der Waals surface area contributed by atoms with Crippen LogP contribution in [0.25, 0.3) is 0 Å². The lowest BCUT2D eigenvalue weighted by Gasteiger charge is -2.06. The van der Waals surface area contributed by atoms with Crippen molar-refractivity contribution in [2.45, 2.75) is 78.9 Å². The van der Waals surface area contributed by atoms with Gasteiger partial charge in [0, 0.05) is 0 Å². The third kappa shape index (κ3) is 7.16. The van der Waals surface area contributed by atoms with Crippen molar-refractivity contribution in [3.63, 3.8) is 0 Å². The molecule has 0 amide bonds. The summed E-state index contributed by atoms with van der Waals surface area (Å²) < 4.78 is 11.2. The van der Waals surface area contributed by atoms with E-state index >= 15 is 0 Å². The fourth-order valence-corrected chi connectivity index (χ4v) is 2.96. The van der Waals surface area contributed by atoms with E-state index < -0.39 is 0 Å². The maximum absolute atomic E-state index is 5.78. The van der Waals surface area contributed by atoms with E-state index in [1.807, 2.05) is 24.3 Å². The smallest absolute Gasteiger partial charge is 0.127 e. The molecule has 1 fully saturated rings. The molecule has 1 heterocycles. The standard InChI is InChI=1S/C16H18O.C10H18O/c1-3-13-5-9-15(10-6-13)17-16-11-7-14(4-2)8-12-16;1-5-8(2)6-7-9-10(3,4)11-9/h5-12H,3-4H2,1-2H3;5,9H,6-7H2,1-4H3. The van der Waals surface area contributed by atoms with Crippen molar-refractivity contribution in [3.8, 4) is 11.5 Å². The lowest BCUT2D eigenvalue weighted by molar-refractivity contribution is 0.320. The Labute approximate surface area is 171 Å². The first kappa shape index (κ1) is 22.2. The largest absolute Gasteiger partial charge is 0.457 e. The summed E-state index contributed by atoms with van der Waals surface area (Å²) in [6.07, 6.45) is 7.18. The minimum Gasteiger partial charge on any atom is -0.457 e. The Morgan fingerprint density at radius 3 is 1.68 bits per heavy atom. The number of ether oxygens (including phenoxy) is 2. The van der Waals surface area contributed by atoms with Gasteiger partial charge in [0.1, 0.15) is 11.5 Å². The van der Waals surface area contributed by atoms with Gasteiger partial charge in [-0.25, -0.2) is 0 Å². The zero-order chi connectivity index (χ0) is 20.6. The van der Waals surface area contributed by atoms with Crippen molar-refractivity contribution in [1.29, 1.82) is 0 Å². The first-order chi connectivity index (χ1) is 13.4. The second-order valence-electron chi connectivity index (χ2n) is 7.98. The van der Waals surface area contributed by atoms with Gasteiger partial charge in [0.15, 0.2) is 0 Å². The maximum atomic E-state index is 5.78. The summed E-state index contributed by atoms with van der Waals surface area (Å²) in [7, 11) is 0. The number of allylic oxidation sites excluding steroid dienone is 2. The second-order valence-corrected chi connectivity index (χ2v) is 7.98. The van der Waals surface area contributed by atoms with Gasteiger partial charge >= 0.3 is 0 Å². The van der Waals surface area contributed by atoms with E-state index in [9.17, 15) is 0 Å². The summed E-state index contributed by atoms with van der Waals surface area (Å²) in [5.41, 5.74) is 4.31. The van der Waals surface area contributed by atoms with Crippen LogP contribution in [0.1, 0.15) is 65.5 Å². The molecular formula is C26H36O2. The van der Waals surface area contributed by atoms with Crippen LogP contribution in [-0.4, -0.2) is 11.7 Å². The molecule has 0 saturated carbocycles. The van der Waals surface area contributed by atoms with Crippen LogP contribution in [0.15, 0.2) is 60.2 Å². The lowest BCUT2D eigenvalue weighted by atomic mass is 10.0. The molecule has 1 atom stereocenters. The van der Waals surface area contributed by atoms with Crippen molar-refractivity contribution >= 4 is 0 Å². The molecule has 1 aliphatic rings. The van der Waals surface area contributed by atoms with Gasteiger partial charge in [-0.1, -0.05) is 49.8 Å². The van der Waals surface area contributed by atoms with E-state index in [0.29, 0.717) is 6.10 Å². The molecule has 2 aromatic rings. The topological polar surface area (TPSA) is 21.8 Å². The summed E-state index contributed by atoms with van der Waals surface area (Å²) >= 11 is 0. The van der Waals surface area contributed by atoms with Crippen LogP contribution in [0.2, 0.25) is 0 Å². The number of epoxide rings is 1. The Balaban J connectivity index is 0.000000221. The summed E-state index contributed by atoms with van der Waals surface area (Å²) in [4.78, 5) is 0. The second kappa shape index (κ2) is 10.5. The van der Waals surface area contributed by atoms with Gasteiger partial charge in [-0.15, -0.1) is 0 Å². The molecule has 2 aromatic carbocycles. The minimum absolute atomic E-state index is 0.175. The number of hydrogen-bond acceptors (Lipinski definition) is 2. The summed E-state index contributed by atoms with van der Waals surface area (Å²) in [5.74, 6) is 1.79. The SMILES string of the molecule is CC=C(C)CCC1OC1(C)C.CCc1ccc(Oc2ccc(CC)cc2)cc1. The Morgan fingerprint density at radius 2 is 1.36 bits per heavy atom. The van der Waals surface area contributed by atoms with Crippen molar-refractivity contribution in [3.05, 3.63) is 71.3 Å². The van der Waals surface area contributed by atoms with Gasteiger partial charge in [-0.3, -0.25) is 0 Å². The number of benzene rings is 2. The molecule has 1 saturated heterocycles. The van der Waals surface area contributed by atoms with E-state index in [1.54, 1.807) is 0 Å². The molecule has 0 N–H and O–H groups in total. The summed E-state index contributed by atoms with van der Waals surface area (Å²) in [6, 6.07) is 16.5. The highest BCUT2D eigenvalue weighted by Crippen LogP contribution is 2.38. The monoisotopic (exact) mass is 380 g/mol. The average molecular weight is 381 g/mol. The molecule has 1 aliphatic heterocycles. The highest BCUT2D eigenvalue weighted by molar-refractivity contribution is 5.34. The number of rotatable bonds is 7. The van der Waals surface area contributed by atoms with Crippen LogP contribution in [0.5, 0.6) is 11.5 Å². The van der Waals surface area contributed by atoms with Crippen LogP contribution in [-0.2, 0) is 17.6 Å². The van der Waals surface area contributed by atoms with E-state index in [1.165, 1.54) is 29.5 Å². The van der Waals surface area contributed by atoms with Gasteiger partial charge < -0.3 is 9.47 Å². The van der Waals surface area contributed by atoms with E-state index in [0.717, 1.165) is 24.3 Å². The third-order valence-electron chi connectivity index (χ3n) is 5.36. The maximum Gasteiger partial charge on any atom is 0.127 e. The van der Waals surface area contributed by atoms with Crippen molar-refractivity contribution in [2.75, 3.05) is 0 Å². The number of aryl methyl sites for hydroxylation is 2. The molecule has 0 spiro atoms. The highest BCUT2D eigenvalue weighted by atomic mass is 16.6. The molecule has 0 aromatic heterocycles. The summed E-state index contributed by atoms with van der Waals surface area (Å²) in [6.45, 7) is 12.9. The molecule has 1 unspecified atom stereocenters. The van der Waals surface area contributed by atoms with Crippen LogP contribution in [0.4, 0.5) is 0 Å². The molecule has 2 nitrogen and oxygen atoms in total. The van der Waals surface area contributed by atoms with Gasteiger partial charge in [-0.05, 0) is 88.8 Å². The van der Waals surface area contributed by atoms with Gasteiger partial charge in [0.2, 0.25) is 0 Å². The Morgan fingerprint density at radius 1 is 0.929 bits per heavy atom. The van der Waals surface area contributed by atoms with Crippen LogP contribution < -0.4 is 4.74 Å². The normalized spacial score (nSPS) is 17.5. The summed E-state index contributed by atoms with van der Waals surface area (Å²) in [5, 5.41) is 0. The molecule has 0 bridgehead atoms.